The molecule has 2 amide bonds. The molecule has 1 fully saturated rings. The van der Waals surface area contributed by atoms with E-state index >= 15 is 0 Å². The quantitative estimate of drug-likeness (QED) is 0.701. The highest BCUT2D eigenvalue weighted by Crippen LogP contribution is 2.38. The Bertz CT molecular complexity index is 1060. The molecule has 0 spiro atoms. The highest BCUT2D eigenvalue weighted by molar-refractivity contribution is 8.01. The molecule has 9 heteroatoms. The monoisotopic (exact) mass is 461 g/mol. The van der Waals surface area contributed by atoms with Gasteiger partial charge in [-0.2, -0.15) is 0 Å². The standard InChI is InChI=1S/C22H21ClFN3O3S/c1-13(28)14-2-4-18(16(24)10-14)26-6-8-27(9-7-26)21(29)12-20-22(30)25-17-11-15(23)3-5-19(17)31-20/h2-5,10-11,20H,6-9,12H2,1H3,(H,25,30). The molecular formula is C22H21ClFN3O3S. The first-order chi connectivity index (χ1) is 14.8. The predicted molar refractivity (Wildman–Crippen MR) is 120 cm³/mol. The molecule has 0 bridgehead atoms. The molecule has 2 heterocycles. The first kappa shape index (κ1) is 21.6. The maximum absolute atomic E-state index is 14.4. The summed E-state index contributed by atoms with van der Waals surface area (Å²) in [6.07, 6.45) is 0.0975. The summed E-state index contributed by atoms with van der Waals surface area (Å²) in [5, 5.41) is 2.85. The Labute approximate surface area is 188 Å². The fourth-order valence-corrected chi connectivity index (χ4v) is 4.98. The van der Waals surface area contributed by atoms with Crippen molar-refractivity contribution in [3.8, 4) is 0 Å². The molecule has 0 saturated carbocycles. The lowest BCUT2D eigenvalue weighted by molar-refractivity contribution is -0.132. The van der Waals surface area contributed by atoms with Gasteiger partial charge in [-0.15, -0.1) is 11.8 Å². The Balaban J connectivity index is 1.35. The third-order valence-corrected chi connectivity index (χ3v) is 6.96. The second-order valence-corrected chi connectivity index (χ2v) is 9.21. The number of nitrogens with zero attached hydrogens (tertiary/aromatic N) is 2. The number of hydrogen-bond acceptors (Lipinski definition) is 5. The second-order valence-electron chi connectivity index (χ2n) is 7.53. The fraction of sp³-hybridized carbons (Fsp3) is 0.318. The summed E-state index contributed by atoms with van der Waals surface area (Å²) in [6.45, 7) is 3.24. The minimum atomic E-state index is -0.504. The van der Waals surface area contributed by atoms with Crippen LogP contribution in [0.15, 0.2) is 41.3 Å². The van der Waals surface area contributed by atoms with E-state index in [4.69, 9.17) is 11.6 Å². The number of carbonyl (C=O) groups is 3. The number of amides is 2. The molecule has 1 saturated heterocycles. The number of fused-ring (bicyclic) bond motifs is 1. The van der Waals surface area contributed by atoms with E-state index in [0.717, 1.165) is 4.90 Å². The number of thioether (sulfide) groups is 1. The Hall–Kier alpha value is -2.58. The van der Waals surface area contributed by atoms with Crippen LogP contribution in [0.3, 0.4) is 0 Å². The zero-order chi connectivity index (χ0) is 22.1. The van der Waals surface area contributed by atoms with Crippen molar-refractivity contribution in [3.63, 3.8) is 0 Å². The molecule has 0 radical (unpaired) electrons. The van der Waals surface area contributed by atoms with E-state index < -0.39 is 11.1 Å². The molecule has 0 aliphatic carbocycles. The lowest BCUT2D eigenvalue weighted by Gasteiger charge is -2.37. The lowest BCUT2D eigenvalue weighted by atomic mass is 10.1. The van der Waals surface area contributed by atoms with Crippen LogP contribution in [-0.4, -0.2) is 53.9 Å². The maximum atomic E-state index is 14.4. The fourth-order valence-electron chi connectivity index (χ4n) is 3.72. The van der Waals surface area contributed by atoms with Crippen LogP contribution in [0.5, 0.6) is 0 Å². The summed E-state index contributed by atoms with van der Waals surface area (Å²) in [7, 11) is 0. The van der Waals surface area contributed by atoms with Gasteiger partial charge in [-0.25, -0.2) is 4.39 Å². The number of piperazine rings is 1. The molecule has 4 rings (SSSR count). The topological polar surface area (TPSA) is 69.7 Å². The molecule has 2 aliphatic rings. The summed E-state index contributed by atoms with van der Waals surface area (Å²) in [5.41, 5.74) is 1.43. The number of carbonyl (C=O) groups excluding carboxylic acids is 3. The van der Waals surface area contributed by atoms with E-state index in [9.17, 15) is 18.8 Å². The van der Waals surface area contributed by atoms with Gasteiger partial charge in [0.25, 0.3) is 0 Å². The van der Waals surface area contributed by atoms with Gasteiger partial charge in [0.15, 0.2) is 5.78 Å². The van der Waals surface area contributed by atoms with Crippen LogP contribution in [-0.2, 0) is 9.59 Å². The molecule has 0 aromatic heterocycles. The minimum Gasteiger partial charge on any atom is -0.366 e. The van der Waals surface area contributed by atoms with Gasteiger partial charge in [-0.05, 0) is 43.3 Å². The third-order valence-electron chi connectivity index (χ3n) is 5.45. The summed E-state index contributed by atoms with van der Waals surface area (Å²) in [6, 6.07) is 9.76. The zero-order valence-electron chi connectivity index (χ0n) is 16.9. The number of halogens is 2. The molecular weight excluding hydrogens is 441 g/mol. The molecule has 2 aliphatic heterocycles. The second kappa shape index (κ2) is 8.88. The van der Waals surface area contributed by atoms with Crippen molar-refractivity contribution < 1.29 is 18.8 Å². The number of rotatable bonds is 4. The van der Waals surface area contributed by atoms with Crippen molar-refractivity contribution in [3.05, 3.63) is 52.8 Å². The summed E-state index contributed by atoms with van der Waals surface area (Å²) >= 11 is 7.33. The van der Waals surface area contributed by atoms with Gasteiger partial charge in [0.1, 0.15) is 5.82 Å². The smallest absolute Gasteiger partial charge is 0.238 e. The van der Waals surface area contributed by atoms with Gasteiger partial charge in [-0.1, -0.05) is 11.6 Å². The van der Waals surface area contributed by atoms with Crippen molar-refractivity contribution in [2.24, 2.45) is 0 Å². The van der Waals surface area contributed by atoms with Crippen molar-refractivity contribution >= 4 is 52.3 Å². The molecule has 2 aromatic rings. The van der Waals surface area contributed by atoms with E-state index in [1.165, 1.54) is 24.8 Å². The van der Waals surface area contributed by atoms with Crippen molar-refractivity contribution in [1.29, 1.82) is 0 Å². The average molecular weight is 462 g/mol. The van der Waals surface area contributed by atoms with Crippen LogP contribution < -0.4 is 10.2 Å². The molecule has 1 atom stereocenters. The molecule has 1 unspecified atom stereocenters. The highest BCUT2D eigenvalue weighted by atomic mass is 35.5. The van der Waals surface area contributed by atoms with Crippen LogP contribution in [0.25, 0.3) is 0 Å². The average Bonchev–Trinajstić information content (AvgIpc) is 2.74. The van der Waals surface area contributed by atoms with E-state index in [-0.39, 0.29) is 24.0 Å². The maximum Gasteiger partial charge on any atom is 0.238 e. The van der Waals surface area contributed by atoms with E-state index in [2.05, 4.69) is 5.32 Å². The van der Waals surface area contributed by atoms with E-state index in [1.807, 2.05) is 11.0 Å². The van der Waals surface area contributed by atoms with Crippen LogP contribution in [0.1, 0.15) is 23.7 Å². The summed E-state index contributed by atoms with van der Waals surface area (Å²) in [5.74, 6) is -0.936. The zero-order valence-corrected chi connectivity index (χ0v) is 18.4. The first-order valence-corrected chi connectivity index (χ1v) is 11.2. The molecule has 162 valence electrons. The number of ketones is 1. The Morgan fingerprint density at radius 1 is 1.16 bits per heavy atom. The van der Waals surface area contributed by atoms with Gasteiger partial charge in [0.2, 0.25) is 11.8 Å². The van der Waals surface area contributed by atoms with Gasteiger partial charge in [0.05, 0.1) is 16.6 Å². The van der Waals surface area contributed by atoms with Crippen molar-refractivity contribution in [2.45, 2.75) is 23.5 Å². The van der Waals surface area contributed by atoms with E-state index in [0.29, 0.717) is 48.1 Å². The number of hydrogen-bond donors (Lipinski definition) is 1. The van der Waals surface area contributed by atoms with E-state index in [1.54, 1.807) is 29.2 Å². The SMILES string of the molecule is CC(=O)c1ccc(N2CCN(C(=O)CC3Sc4ccc(Cl)cc4NC3=O)CC2)c(F)c1. The van der Waals surface area contributed by atoms with Gasteiger partial charge < -0.3 is 15.1 Å². The number of nitrogens with one attached hydrogen (secondary N) is 1. The first-order valence-electron chi connectivity index (χ1n) is 9.92. The highest BCUT2D eigenvalue weighted by Gasteiger charge is 2.32. The summed E-state index contributed by atoms with van der Waals surface area (Å²) in [4.78, 5) is 41.1. The van der Waals surface area contributed by atoms with Crippen molar-refractivity contribution in [2.75, 3.05) is 36.4 Å². The van der Waals surface area contributed by atoms with Crippen LogP contribution in [0.2, 0.25) is 5.02 Å². The van der Waals surface area contributed by atoms with Gasteiger partial charge in [0, 0.05) is 48.1 Å². The van der Waals surface area contributed by atoms with Crippen LogP contribution in [0, 0.1) is 5.82 Å². The molecule has 6 nitrogen and oxygen atoms in total. The minimum absolute atomic E-state index is 0.0975. The van der Waals surface area contributed by atoms with Gasteiger partial charge in [-0.3, -0.25) is 14.4 Å². The molecule has 2 aromatic carbocycles. The number of benzene rings is 2. The largest absolute Gasteiger partial charge is 0.366 e. The Morgan fingerprint density at radius 2 is 1.90 bits per heavy atom. The van der Waals surface area contributed by atoms with Crippen LogP contribution >= 0.6 is 23.4 Å². The van der Waals surface area contributed by atoms with Gasteiger partial charge >= 0.3 is 0 Å². The Morgan fingerprint density at radius 3 is 2.58 bits per heavy atom. The normalized spacial score (nSPS) is 18.4. The summed E-state index contributed by atoms with van der Waals surface area (Å²) < 4.78 is 14.4. The lowest BCUT2D eigenvalue weighted by Crippen LogP contribution is -2.50. The molecule has 31 heavy (non-hydrogen) atoms. The Kier molecular flexibility index (Phi) is 6.20. The number of Topliss-reactive ketones (excluding diaryl/α,β-unsaturated/α-hetero) is 1. The molecule has 1 N–H and O–H groups in total. The van der Waals surface area contributed by atoms with Crippen molar-refractivity contribution in [1.82, 2.24) is 4.90 Å². The van der Waals surface area contributed by atoms with Crippen LogP contribution in [0.4, 0.5) is 15.8 Å². The number of anilines is 2. The third kappa shape index (κ3) is 4.70. The predicted octanol–water partition coefficient (Wildman–Crippen LogP) is 3.83.